The number of hydrogen-bond acceptors (Lipinski definition) is 3. The molecular weight excluding hydrogens is 299 g/mol. The molecule has 2 aromatic rings. The molecule has 6 heteroatoms. The average Bonchev–Trinajstić information content (AvgIpc) is 2.96. The van der Waals surface area contributed by atoms with Gasteiger partial charge in [-0.15, -0.1) is 11.3 Å². The van der Waals surface area contributed by atoms with E-state index in [4.69, 9.17) is 4.74 Å². The highest BCUT2D eigenvalue weighted by Crippen LogP contribution is 2.32. The number of nitrogens with one attached hydrogen (secondary N) is 1. The lowest BCUT2D eigenvalue weighted by molar-refractivity contribution is -0.153. The molecule has 0 saturated carbocycles. The van der Waals surface area contributed by atoms with Gasteiger partial charge < -0.3 is 10.1 Å². The summed E-state index contributed by atoms with van der Waals surface area (Å²) in [7, 11) is 0. The molecule has 21 heavy (non-hydrogen) atoms. The first kappa shape index (κ1) is 15.7. The SMILES string of the molecule is CCC(Nc1ccccc1OCC(F)(F)F)c1cccs1. The van der Waals surface area contributed by atoms with Gasteiger partial charge in [-0.05, 0) is 30.0 Å². The van der Waals surface area contributed by atoms with Crippen LogP contribution in [0, 0.1) is 0 Å². The van der Waals surface area contributed by atoms with Gasteiger partial charge in [0.15, 0.2) is 6.61 Å². The second-order valence-corrected chi connectivity index (χ2v) is 5.50. The summed E-state index contributed by atoms with van der Waals surface area (Å²) in [6, 6.07) is 10.7. The van der Waals surface area contributed by atoms with Gasteiger partial charge in [-0.1, -0.05) is 25.1 Å². The van der Waals surface area contributed by atoms with Gasteiger partial charge in [-0.25, -0.2) is 0 Å². The Morgan fingerprint density at radius 2 is 1.95 bits per heavy atom. The maximum Gasteiger partial charge on any atom is 0.422 e. The molecule has 1 atom stereocenters. The largest absolute Gasteiger partial charge is 0.482 e. The molecule has 1 aromatic heterocycles. The van der Waals surface area contributed by atoms with E-state index in [0.29, 0.717) is 5.69 Å². The average molecular weight is 315 g/mol. The van der Waals surface area contributed by atoms with Crippen molar-refractivity contribution >= 4 is 17.0 Å². The van der Waals surface area contributed by atoms with E-state index >= 15 is 0 Å². The van der Waals surface area contributed by atoms with E-state index in [-0.39, 0.29) is 11.8 Å². The first-order chi connectivity index (χ1) is 9.99. The predicted octanol–water partition coefficient (Wildman–Crippen LogP) is 5.25. The molecule has 1 unspecified atom stereocenters. The lowest BCUT2D eigenvalue weighted by Gasteiger charge is -2.20. The molecule has 2 nitrogen and oxygen atoms in total. The van der Waals surface area contributed by atoms with Crippen LogP contribution in [0.15, 0.2) is 41.8 Å². The van der Waals surface area contributed by atoms with Gasteiger partial charge in [0.05, 0.1) is 11.7 Å². The Morgan fingerprint density at radius 1 is 1.19 bits per heavy atom. The molecule has 2 rings (SSSR count). The van der Waals surface area contributed by atoms with Gasteiger partial charge in [0.2, 0.25) is 0 Å². The number of rotatable bonds is 6. The first-order valence-electron chi connectivity index (χ1n) is 6.58. The third-order valence-electron chi connectivity index (χ3n) is 2.90. The van der Waals surface area contributed by atoms with Crippen LogP contribution in [0.4, 0.5) is 18.9 Å². The van der Waals surface area contributed by atoms with Crippen molar-refractivity contribution in [3.8, 4) is 5.75 Å². The van der Waals surface area contributed by atoms with Crippen molar-refractivity contribution in [1.82, 2.24) is 0 Å². The fourth-order valence-electron chi connectivity index (χ4n) is 1.92. The zero-order valence-electron chi connectivity index (χ0n) is 11.5. The Balaban J connectivity index is 2.12. The van der Waals surface area contributed by atoms with Crippen LogP contribution in [0.1, 0.15) is 24.3 Å². The van der Waals surface area contributed by atoms with Crippen LogP contribution in [0.25, 0.3) is 0 Å². The molecule has 0 spiro atoms. The summed E-state index contributed by atoms with van der Waals surface area (Å²) in [5.74, 6) is 0.213. The molecule has 0 aliphatic carbocycles. The summed E-state index contributed by atoms with van der Waals surface area (Å²) in [6.07, 6.45) is -3.51. The number of benzene rings is 1. The van der Waals surface area contributed by atoms with Gasteiger partial charge in [-0.2, -0.15) is 13.2 Å². The summed E-state index contributed by atoms with van der Waals surface area (Å²) >= 11 is 1.62. The van der Waals surface area contributed by atoms with Crippen molar-refractivity contribution in [3.05, 3.63) is 46.7 Å². The van der Waals surface area contributed by atoms with E-state index in [0.717, 1.165) is 11.3 Å². The minimum atomic E-state index is -4.34. The van der Waals surface area contributed by atoms with E-state index in [1.165, 1.54) is 6.07 Å². The highest BCUT2D eigenvalue weighted by molar-refractivity contribution is 7.10. The minimum absolute atomic E-state index is 0.0561. The second-order valence-electron chi connectivity index (χ2n) is 4.52. The Morgan fingerprint density at radius 3 is 2.57 bits per heavy atom. The predicted molar refractivity (Wildman–Crippen MR) is 79.0 cm³/mol. The molecule has 0 radical (unpaired) electrons. The molecule has 0 amide bonds. The summed E-state index contributed by atoms with van der Waals surface area (Å²) in [5.41, 5.74) is 0.571. The smallest absolute Gasteiger partial charge is 0.422 e. The van der Waals surface area contributed by atoms with Crippen LogP contribution in [0.3, 0.4) is 0 Å². The molecule has 0 fully saturated rings. The van der Waals surface area contributed by atoms with Crippen LogP contribution < -0.4 is 10.1 Å². The molecule has 0 bridgehead atoms. The summed E-state index contributed by atoms with van der Waals surface area (Å²) in [6.45, 7) is 0.734. The molecule has 0 aliphatic heterocycles. The fraction of sp³-hybridized carbons (Fsp3) is 0.333. The third kappa shape index (κ3) is 4.67. The fourth-order valence-corrected chi connectivity index (χ4v) is 2.78. The zero-order valence-corrected chi connectivity index (χ0v) is 12.3. The summed E-state index contributed by atoms with van der Waals surface area (Å²) in [4.78, 5) is 1.14. The van der Waals surface area contributed by atoms with Crippen molar-refractivity contribution < 1.29 is 17.9 Å². The van der Waals surface area contributed by atoms with Gasteiger partial charge in [0.25, 0.3) is 0 Å². The van der Waals surface area contributed by atoms with E-state index < -0.39 is 12.8 Å². The number of hydrogen-bond donors (Lipinski definition) is 1. The van der Waals surface area contributed by atoms with Crippen LogP contribution in [-0.4, -0.2) is 12.8 Å². The maximum absolute atomic E-state index is 12.3. The summed E-state index contributed by atoms with van der Waals surface area (Å²) in [5, 5.41) is 5.23. The molecule has 0 aliphatic rings. The number of thiophene rings is 1. The van der Waals surface area contributed by atoms with Crippen LogP contribution in [0.5, 0.6) is 5.75 Å². The second kappa shape index (κ2) is 6.85. The maximum atomic E-state index is 12.3. The lowest BCUT2D eigenvalue weighted by atomic mass is 10.1. The van der Waals surface area contributed by atoms with Crippen molar-refractivity contribution in [2.45, 2.75) is 25.6 Å². The lowest BCUT2D eigenvalue weighted by Crippen LogP contribution is -2.20. The van der Waals surface area contributed by atoms with E-state index in [2.05, 4.69) is 5.32 Å². The van der Waals surface area contributed by atoms with Gasteiger partial charge in [0.1, 0.15) is 5.75 Å². The Labute approximate surface area is 125 Å². The van der Waals surface area contributed by atoms with Crippen molar-refractivity contribution in [1.29, 1.82) is 0 Å². The van der Waals surface area contributed by atoms with Gasteiger partial charge in [0, 0.05) is 4.88 Å². The number of alkyl halides is 3. The van der Waals surface area contributed by atoms with Crippen molar-refractivity contribution in [3.63, 3.8) is 0 Å². The third-order valence-corrected chi connectivity index (χ3v) is 3.89. The molecule has 1 N–H and O–H groups in total. The Hall–Kier alpha value is -1.69. The molecule has 114 valence electrons. The minimum Gasteiger partial charge on any atom is -0.482 e. The van der Waals surface area contributed by atoms with E-state index in [1.807, 2.05) is 24.4 Å². The quantitative estimate of drug-likeness (QED) is 0.786. The number of anilines is 1. The molecule has 0 saturated heterocycles. The number of halogens is 3. The Bertz CT molecular complexity index is 554. The zero-order chi connectivity index (χ0) is 15.3. The highest BCUT2D eigenvalue weighted by Gasteiger charge is 2.28. The monoisotopic (exact) mass is 315 g/mol. The topological polar surface area (TPSA) is 21.3 Å². The number of para-hydroxylation sites is 2. The van der Waals surface area contributed by atoms with Crippen LogP contribution in [0.2, 0.25) is 0 Å². The Kier molecular flexibility index (Phi) is 5.12. The number of ether oxygens (including phenoxy) is 1. The standard InChI is InChI=1S/C15H16F3NOS/c1-2-11(14-8-5-9-21-14)19-12-6-3-4-7-13(12)20-10-15(16,17)18/h3-9,11,19H,2,10H2,1H3. The van der Waals surface area contributed by atoms with Gasteiger partial charge in [-0.3, -0.25) is 0 Å². The molecular formula is C15H16F3NOS. The normalized spacial score (nSPS) is 13.0. The van der Waals surface area contributed by atoms with E-state index in [1.54, 1.807) is 29.5 Å². The van der Waals surface area contributed by atoms with Crippen molar-refractivity contribution in [2.75, 3.05) is 11.9 Å². The van der Waals surface area contributed by atoms with Crippen LogP contribution >= 0.6 is 11.3 Å². The highest BCUT2D eigenvalue weighted by atomic mass is 32.1. The van der Waals surface area contributed by atoms with Crippen LogP contribution in [-0.2, 0) is 0 Å². The summed E-state index contributed by atoms with van der Waals surface area (Å²) < 4.78 is 41.7. The van der Waals surface area contributed by atoms with Gasteiger partial charge >= 0.3 is 6.18 Å². The van der Waals surface area contributed by atoms with E-state index in [9.17, 15) is 13.2 Å². The first-order valence-corrected chi connectivity index (χ1v) is 7.46. The molecule has 1 aromatic carbocycles. The molecule has 1 heterocycles. The van der Waals surface area contributed by atoms with Crippen molar-refractivity contribution in [2.24, 2.45) is 0 Å².